The average Bonchev–Trinajstić information content (AvgIpc) is 2.45. The summed E-state index contributed by atoms with van der Waals surface area (Å²) in [5.74, 6) is 2.60. The fourth-order valence-electron chi connectivity index (χ4n) is 3.24. The number of hydrogen-bond acceptors (Lipinski definition) is 3. The van der Waals surface area contributed by atoms with Crippen LogP contribution in [-0.4, -0.2) is 39.5 Å². The van der Waals surface area contributed by atoms with Gasteiger partial charge in [-0.2, -0.15) is 0 Å². The van der Waals surface area contributed by atoms with Gasteiger partial charge in [0.2, 0.25) is 0 Å². The number of hydrogen-bond donors (Lipinski definition) is 1. The van der Waals surface area contributed by atoms with Crippen molar-refractivity contribution >= 4 is 0 Å². The van der Waals surface area contributed by atoms with Gasteiger partial charge >= 0.3 is 0 Å². The van der Waals surface area contributed by atoms with E-state index < -0.39 is 0 Å². The molecule has 0 aromatic heterocycles. The first-order valence-electron chi connectivity index (χ1n) is 8.49. The van der Waals surface area contributed by atoms with Crippen LogP contribution >= 0.6 is 0 Å². The minimum absolute atomic E-state index is 0.632. The maximum atomic E-state index is 5.66. The van der Waals surface area contributed by atoms with Crippen LogP contribution < -0.4 is 5.32 Å². The molecule has 120 valence electrons. The molecule has 4 unspecified atom stereocenters. The largest absolute Gasteiger partial charge is 0.382 e. The fourth-order valence-corrected chi connectivity index (χ4v) is 3.24. The molecule has 1 fully saturated rings. The molecule has 0 amide bonds. The van der Waals surface area contributed by atoms with Crippen molar-refractivity contribution in [1.82, 2.24) is 5.32 Å². The van der Waals surface area contributed by atoms with Crippen molar-refractivity contribution in [3.63, 3.8) is 0 Å². The van der Waals surface area contributed by atoms with Crippen LogP contribution in [0, 0.1) is 17.8 Å². The Bertz CT molecular complexity index is 235. The Morgan fingerprint density at radius 1 is 1.10 bits per heavy atom. The van der Waals surface area contributed by atoms with E-state index in [9.17, 15) is 0 Å². The maximum absolute atomic E-state index is 5.66. The molecule has 4 atom stereocenters. The van der Waals surface area contributed by atoms with Crippen molar-refractivity contribution in [2.24, 2.45) is 17.8 Å². The van der Waals surface area contributed by atoms with Crippen LogP contribution in [0.3, 0.4) is 0 Å². The molecule has 1 saturated carbocycles. The lowest BCUT2D eigenvalue weighted by Crippen LogP contribution is -2.40. The Morgan fingerprint density at radius 3 is 2.55 bits per heavy atom. The van der Waals surface area contributed by atoms with E-state index in [0.29, 0.717) is 12.6 Å². The second kappa shape index (κ2) is 10.6. The predicted molar refractivity (Wildman–Crippen MR) is 85.1 cm³/mol. The van der Waals surface area contributed by atoms with Crippen molar-refractivity contribution in [3.05, 3.63) is 0 Å². The van der Waals surface area contributed by atoms with E-state index in [4.69, 9.17) is 9.47 Å². The van der Waals surface area contributed by atoms with E-state index in [2.05, 4.69) is 26.1 Å². The zero-order chi connectivity index (χ0) is 14.8. The van der Waals surface area contributed by atoms with Gasteiger partial charge in [0.25, 0.3) is 0 Å². The lowest BCUT2D eigenvalue weighted by atomic mass is 9.72. The van der Waals surface area contributed by atoms with Crippen molar-refractivity contribution in [2.45, 2.75) is 58.9 Å². The summed E-state index contributed by atoms with van der Waals surface area (Å²) in [6.07, 6.45) is 6.49. The highest BCUT2D eigenvalue weighted by atomic mass is 16.5. The van der Waals surface area contributed by atoms with E-state index in [0.717, 1.165) is 43.9 Å². The number of nitrogens with one attached hydrogen (secondary N) is 1. The first kappa shape index (κ1) is 17.9. The molecular weight excluding hydrogens is 250 g/mol. The summed E-state index contributed by atoms with van der Waals surface area (Å²) in [6, 6.07) is 0.632. The van der Waals surface area contributed by atoms with Gasteiger partial charge in [0, 0.05) is 19.8 Å². The van der Waals surface area contributed by atoms with Crippen molar-refractivity contribution in [1.29, 1.82) is 0 Å². The van der Waals surface area contributed by atoms with Gasteiger partial charge < -0.3 is 14.8 Å². The number of rotatable bonds is 10. The van der Waals surface area contributed by atoms with Crippen LogP contribution in [0.25, 0.3) is 0 Å². The van der Waals surface area contributed by atoms with Gasteiger partial charge in [-0.25, -0.2) is 0 Å². The molecule has 0 aliphatic heterocycles. The van der Waals surface area contributed by atoms with E-state index in [1.807, 2.05) is 0 Å². The molecule has 20 heavy (non-hydrogen) atoms. The number of methoxy groups -OCH3 is 1. The second-order valence-corrected chi connectivity index (χ2v) is 6.48. The average molecular weight is 285 g/mol. The van der Waals surface area contributed by atoms with Crippen LogP contribution in [-0.2, 0) is 9.47 Å². The second-order valence-electron chi connectivity index (χ2n) is 6.48. The summed E-state index contributed by atoms with van der Waals surface area (Å²) >= 11 is 0. The molecule has 0 aromatic carbocycles. The maximum Gasteiger partial charge on any atom is 0.0700 e. The molecule has 1 N–H and O–H groups in total. The summed E-state index contributed by atoms with van der Waals surface area (Å²) in [4.78, 5) is 0. The Morgan fingerprint density at radius 2 is 1.90 bits per heavy atom. The quantitative estimate of drug-likeness (QED) is 0.623. The monoisotopic (exact) mass is 285 g/mol. The van der Waals surface area contributed by atoms with Crippen LogP contribution in [0.4, 0.5) is 0 Å². The Kier molecular flexibility index (Phi) is 9.49. The van der Waals surface area contributed by atoms with Crippen LogP contribution in [0.5, 0.6) is 0 Å². The fraction of sp³-hybridized carbons (Fsp3) is 1.00. The summed E-state index contributed by atoms with van der Waals surface area (Å²) in [7, 11) is 1.72. The van der Waals surface area contributed by atoms with Crippen LogP contribution in [0.15, 0.2) is 0 Å². The SMILES string of the molecule is CCCNC(CCOCCOC)C1CCC(C)C(C)C1. The van der Waals surface area contributed by atoms with Crippen molar-refractivity contribution in [3.8, 4) is 0 Å². The molecule has 1 aliphatic rings. The molecule has 3 heteroatoms. The molecule has 1 aliphatic carbocycles. The van der Waals surface area contributed by atoms with Gasteiger partial charge in [0.15, 0.2) is 0 Å². The van der Waals surface area contributed by atoms with E-state index in [-0.39, 0.29) is 0 Å². The van der Waals surface area contributed by atoms with Gasteiger partial charge in [0.1, 0.15) is 0 Å². The summed E-state index contributed by atoms with van der Waals surface area (Å²) in [5.41, 5.74) is 0. The van der Waals surface area contributed by atoms with Gasteiger partial charge in [-0.3, -0.25) is 0 Å². The predicted octanol–water partition coefficient (Wildman–Crippen LogP) is 3.48. The minimum atomic E-state index is 0.632. The minimum Gasteiger partial charge on any atom is -0.382 e. The third-order valence-electron chi connectivity index (χ3n) is 4.87. The number of ether oxygens (including phenoxy) is 2. The highest BCUT2D eigenvalue weighted by Crippen LogP contribution is 2.35. The molecule has 0 radical (unpaired) electrons. The third-order valence-corrected chi connectivity index (χ3v) is 4.87. The van der Waals surface area contributed by atoms with Crippen LogP contribution in [0.1, 0.15) is 52.9 Å². The van der Waals surface area contributed by atoms with Crippen molar-refractivity contribution in [2.75, 3.05) is 33.5 Å². The van der Waals surface area contributed by atoms with Crippen LogP contribution in [0.2, 0.25) is 0 Å². The topological polar surface area (TPSA) is 30.5 Å². The van der Waals surface area contributed by atoms with Gasteiger partial charge in [0.05, 0.1) is 13.2 Å². The zero-order valence-corrected chi connectivity index (χ0v) is 14.0. The Hall–Kier alpha value is -0.120. The lowest BCUT2D eigenvalue weighted by molar-refractivity contribution is 0.0586. The molecule has 0 heterocycles. The third kappa shape index (κ3) is 6.55. The molecule has 0 spiro atoms. The first-order valence-corrected chi connectivity index (χ1v) is 8.49. The molecule has 1 rings (SSSR count). The summed E-state index contributed by atoms with van der Waals surface area (Å²) in [5, 5.41) is 3.75. The van der Waals surface area contributed by atoms with Gasteiger partial charge in [-0.15, -0.1) is 0 Å². The molecule has 3 nitrogen and oxygen atoms in total. The highest BCUT2D eigenvalue weighted by molar-refractivity contribution is 4.83. The summed E-state index contributed by atoms with van der Waals surface area (Å²) < 4.78 is 10.7. The van der Waals surface area contributed by atoms with Gasteiger partial charge in [-0.05, 0) is 50.0 Å². The Balaban J connectivity index is 2.34. The normalized spacial score (nSPS) is 28.5. The molecule has 0 saturated heterocycles. The Labute approximate surface area is 125 Å². The summed E-state index contributed by atoms with van der Waals surface area (Å²) in [6.45, 7) is 10.5. The smallest absolute Gasteiger partial charge is 0.0700 e. The lowest BCUT2D eigenvalue weighted by Gasteiger charge is -2.37. The van der Waals surface area contributed by atoms with Gasteiger partial charge in [-0.1, -0.05) is 27.2 Å². The molecular formula is C17H35NO2. The highest BCUT2D eigenvalue weighted by Gasteiger charge is 2.29. The zero-order valence-electron chi connectivity index (χ0n) is 14.0. The standard InChI is InChI=1S/C17H35NO2/c1-5-9-18-17(8-10-20-12-11-19-4)16-7-6-14(2)15(3)13-16/h14-18H,5-13H2,1-4H3. The van der Waals surface area contributed by atoms with Crippen molar-refractivity contribution < 1.29 is 9.47 Å². The van der Waals surface area contributed by atoms with E-state index >= 15 is 0 Å². The van der Waals surface area contributed by atoms with E-state index in [1.165, 1.54) is 25.7 Å². The van der Waals surface area contributed by atoms with E-state index in [1.54, 1.807) is 7.11 Å². The molecule has 0 bridgehead atoms. The first-order chi connectivity index (χ1) is 9.69. The molecule has 0 aromatic rings.